The number of nitrogens with one attached hydrogen (secondary N) is 1. The van der Waals surface area contributed by atoms with E-state index in [-0.39, 0.29) is 12.3 Å². The van der Waals surface area contributed by atoms with E-state index in [9.17, 15) is 4.79 Å². The fourth-order valence-corrected chi connectivity index (χ4v) is 4.48. The summed E-state index contributed by atoms with van der Waals surface area (Å²) in [5.41, 5.74) is 4.61. The van der Waals surface area contributed by atoms with E-state index in [1.807, 2.05) is 71.4 Å². The Morgan fingerprint density at radius 1 is 1.00 bits per heavy atom. The summed E-state index contributed by atoms with van der Waals surface area (Å²) in [6, 6.07) is 23.3. The molecule has 1 N–H and O–H groups in total. The van der Waals surface area contributed by atoms with Crippen LogP contribution in [0.25, 0.3) is 5.69 Å². The van der Waals surface area contributed by atoms with Crippen LogP contribution < -0.4 is 5.32 Å². The number of amides is 1. The molecular formula is C26H20Cl2N4O. The Balaban J connectivity index is 1.47. The molecule has 33 heavy (non-hydrogen) atoms. The zero-order chi connectivity index (χ0) is 22.8. The topological polar surface area (TPSA) is 59.3 Å². The number of carbonyl (C=O) groups is 1. The van der Waals surface area contributed by atoms with E-state index in [0.29, 0.717) is 22.3 Å². The van der Waals surface area contributed by atoms with Crippen LogP contribution in [-0.4, -0.2) is 21.2 Å². The van der Waals surface area contributed by atoms with Crippen LogP contribution in [0, 0.1) is 0 Å². The lowest BCUT2D eigenvalue weighted by Gasteiger charge is -2.15. The molecule has 2 heterocycles. The number of hydrogen-bond acceptors (Lipinski definition) is 3. The first-order valence-corrected chi connectivity index (χ1v) is 11.4. The number of rotatable bonds is 5. The van der Waals surface area contributed by atoms with Crippen LogP contribution in [-0.2, 0) is 11.2 Å². The van der Waals surface area contributed by atoms with Gasteiger partial charge in [-0.15, -0.1) is 0 Å². The summed E-state index contributed by atoms with van der Waals surface area (Å²) < 4.78 is 1.98. The quantitative estimate of drug-likeness (QED) is 0.398. The van der Waals surface area contributed by atoms with Crippen LogP contribution in [0.5, 0.6) is 0 Å². The van der Waals surface area contributed by atoms with Crippen molar-refractivity contribution < 1.29 is 4.79 Å². The van der Waals surface area contributed by atoms with Gasteiger partial charge in [0.25, 0.3) is 0 Å². The molecule has 1 amide bonds. The predicted molar refractivity (Wildman–Crippen MR) is 131 cm³/mol. The second-order valence-electron chi connectivity index (χ2n) is 7.72. The second-order valence-corrected chi connectivity index (χ2v) is 8.57. The van der Waals surface area contributed by atoms with Gasteiger partial charge in [0.15, 0.2) is 12.0 Å². The second kappa shape index (κ2) is 9.22. The predicted octanol–water partition coefficient (Wildman–Crippen LogP) is 5.78. The van der Waals surface area contributed by atoms with Crippen LogP contribution in [0.3, 0.4) is 0 Å². The maximum atomic E-state index is 12.9. The highest BCUT2D eigenvalue weighted by Gasteiger charge is 2.26. The number of imidazole rings is 1. The number of aryl methyl sites for hydroxylation is 1. The fourth-order valence-electron chi connectivity index (χ4n) is 3.98. The molecule has 5 nitrogen and oxygen atoms in total. The van der Waals surface area contributed by atoms with Crippen LogP contribution in [0.1, 0.15) is 35.1 Å². The average Bonchev–Trinajstić information content (AvgIpc) is 3.27. The first-order valence-electron chi connectivity index (χ1n) is 10.6. The van der Waals surface area contributed by atoms with Crippen molar-refractivity contribution in [3.63, 3.8) is 0 Å². The highest BCUT2D eigenvalue weighted by molar-refractivity contribution is 6.35. The van der Waals surface area contributed by atoms with Crippen molar-refractivity contribution >= 4 is 34.8 Å². The van der Waals surface area contributed by atoms with Crippen molar-refractivity contribution in [3.05, 3.63) is 118 Å². The molecule has 0 saturated carbocycles. The zero-order valence-corrected chi connectivity index (χ0v) is 19.1. The van der Waals surface area contributed by atoms with Crippen molar-refractivity contribution in [2.45, 2.75) is 19.0 Å². The molecule has 1 aromatic heterocycles. The molecule has 0 radical (unpaired) electrons. The maximum absolute atomic E-state index is 12.9. The Morgan fingerprint density at radius 2 is 1.79 bits per heavy atom. The SMILES string of the molecule is O=C(CCc1ccc(Cl)cc1Cl)NC1N=C(c2ccccc2)c2ccccc2-n2ccnc21. The van der Waals surface area contributed by atoms with E-state index in [4.69, 9.17) is 28.2 Å². The largest absolute Gasteiger partial charge is 0.328 e. The molecule has 1 atom stereocenters. The molecule has 1 aliphatic rings. The summed E-state index contributed by atoms with van der Waals surface area (Å²) in [6.07, 6.45) is 3.75. The minimum Gasteiger partial charge on any atom is -0.328 e. The molecule has 3 aromatic carbocycles. The van der Waals surface area contributed by atoms with E-state index in [1.165, 1.54) is 0 Å². The Hall–Kier alpha value is -3.41. The Morgan fingerprint density at radius 3 is 2.61 bits per heavy atom. The van der Waals surface area contributed by atoms with Gasteiger partial charge in [0.05, 0.1) is 11.4 Å². The monoisotopic (exact) mass is 474 g/mol. The van der Waals surface area contributed by atoms with E-state index in [2.05, 4.69) is 10.3 Å². The standard InChI is InChI=1S/C26H20Cl2N4O/c27-19-12-10-17(21(28)16-19)11-13-23(33)30-25-26-29-14-15-32(26)22-9-5-4-8-20(22)24(31-25)18-6-2-1-3-7-18/h1-10,12,14-16,25H,11,13H2,(H,30,33). The molecular weight excluding hydrogens is 455 g/mol. The molecule has 5 rings (SSSR count). The molecule has 4 aromatic rings. The van der Waals surface area contributed by atoms with Crippen LogP contribution in [0.2, 0.25) is 10.0 Å². The lowest BCUT2D eigenvalue weighted by molar-refractivity contribution is -0.121. The van der Waals surface area contributed by atoms with Crippen LogP contribution in [0.4, 0.5) is 0 Å². The first-order chi connectivity index (χ1) is 16.1. The molecule has 1 aliphatic heterocycles. The fraction of sp³-hybridized carbons (Fsp3) is 0.115. The molecule has 0 bridgehead atoms. The summed E-state index contributed by atoms with van der Waals surface area (Å²) in [6.45, 7) is 0. The van der Waals surface area contributed by atoms with Gasteiger partial charge in [-0.2, -0.15) is 0 Å². The summed E-state index contributed by atoms with van der Waals surface area (Å²) >= 11 is 12.2. The number of aliphatic imine (C=N–C) groups is 1. The minimum atomic E-state index is -0.629. The van der Waals surface area contributed by atoms with Crippen LogP contribution >= 0.6 is 23.2 Å². The third kappa shape index (κ3) is 4.42. The van der Waals surface area contributed by atoms with Crippen molar-refractivity contribution in [1.82, 2.24) is 14.9 Å². The minimum absolute atomic E-state index is 0.136. The van der Waals surface area contributed by atoms with Gasteiger partial charge in [0, 0.05) is 40.0 Å². The number of carbonyl (C=O) groups excluding carboxylic acids is 1. The Labute approximate surface area is 201 Å². The van der Waals surface area contributed by atoms with Crippen molar-refractivity contribution in [2.75, 3.05) is 0 Å². The smallest absolute Gasteiger partial charge is 0.222 e. The molecule has 0 spiro atoms. The van der Waals surface area contributed by atoms with E-state index in [1.54, 1.807) is 18.3 Å². The van der Waals surface area contributed by atoms with Gasteiger partial charge in [0.2, 0.25) is 5.91 Å². The lowest BCUT2D eigenvalue weighted by Crippen LogP contribution is -2.29. The number of halogens is 2. The third-order valence-electron chi connectivity index (χ3n) is 5.57. The summed E-state index contributed by atoms with van der Waals surface area (Å²) in [5, 5.41) is 4.18. The van der Waals surface area contributed by atoms with E-state index < -0.39 is 6.17 Å². The van der Waals surface area contributed by atoms with Crippen molar-refractivity contribution in [1.29, 1.82) is 0 Å². The number of hydrogen-bond donors (Lipinski definition) is 1. The van der Waals surface area contributed by atoms with Gasteiger partial charge in [-0.05, 0) is 30.2 Å². The molecule has 164 valence electrons. The van der Waals surface area contributed by atoms with Crippen LogP contribution in [0.15, 0.2) is 90.2 Å². The number of aromatic nitrogens is 2. The number of para-hydroxylation sites is 1. The van der Waals surface area contributed by atoms with E-state index >= 15 is 0 Å². The van der Waals surface area contributed by atoms with Crippen molar-refractivity contribution in [3.8, 4) is 5.69 Å². The third-order valence-corrected chi connectivity index (χ3v) is 6.16. The number of fused-ring (bicyclic) bond motifs is 3. The maximum Gasteiger partial charge on any atom is 0.222 e. The van der Waals surface area contributed by atoms with Gasteiger partial charge in [0.1, 0.15) is 0 Å². The van der Waals surface area contributed by atoms with Crippen molar-refractivity contribution in [2.24, 2.45) is 4.99 Å². The van der Waals surface area contributed by atoms with Gasteiger partial charge in [-0.25, -0.2) is 4.98 Å². The van der Waals surface area contributed by atoms with Gasteiger partial charge < -0.3 is 5.32 Å². The molecule has 7 heteroatoms. The number of nitrogens with zero attached hydrogens (tertiary/aromatic N) is 3. The lowest BCUT2D eigenvalue weighted by atomic mass is 10.0. The Kier molecular flexibility index (Phi) is 5.99. The molecule has 1 unspecified atom stereocenters. The summed E-state index contributed by atoms with van der Waals surface area (Å²) in [5.74, 6) is 0.522. The molecule has 0 aliphatic carbocycles. The first kappa shape index (κ1) is 21.4. The van der Waals surface area contributed by atoms with E-state index in [0.717, 1.165) is 28.1 Å². The molecule has 0 fully saturated rings. The number of benzene rings is 3. The van der Waals surface area contributed by atoms with Gasteiger partial charge >= 0.3 is 0 Å². The zero-order valence-electron chi connectivity index (χ0n) is 17.6. The highest BCUT2D eigenvalue weighted by atomic mass is 35.5. The van der Waals surface area contributed by atoms with Gasteiger partial charge in [-0.1, -0.05) is 77.8 Å². The highest BCUT2D eigenvalue weighted by Crippen LogP contribution is 2.29. The average molecular weight is 475 g/mol. The summed E-state index contributed by atoms with van der Waals surface area (Å²) in [4.78, 5) is 22.4. The molecule has 0 saturated heterocycles. The normalized spacial score (nSPS) is 14.6. The summed E-state index contributed by atoms with van der Waals surface area (Å²) in [7, 11) is 0. The Bertz CT molecular complexity index is 1350. The van der Waals surface area contributed by atoms with Gasteiger partial charge in [-0.3, -0.25) is 14.4 Å².